The first-order chi connectivity index (χ1) is 13.4. The van der Waals surface area contributed by atoms with Crippen molar-refractivity contribution in [1.29, 1.82) is 0 Å². The van der Waals surface area contributed by atoms with E-state index >= 15 is 0 Å². The molecule has 0 spiro atoms. The average Bonchev–Trinajstić information content (AvgIpc) is 2.92. The molecule has 1 saturated heterocycles. The van der Waals surface area contributed by atoms with Crippen molar-refractivity contribution < 1.29 is 14.3 Å². The molecule has 6 nitrogen and oxygen atoms in total. The number of hydrogen-bond donors (Lipinski definition) is 1. The highest BCUT2D eigenvalue weighted by Crippen LogP contribution is 2.46. The molecule has 144 valence electrons. The maximum atomic E-state index is 13.2. The Morgan fingerprint density at radius 2 is 1.89 bits per heavy atom. The van der Waals surface area contributed by atoms with Crippen LogP contribution in [0.4, 0.5) is 5.69 Å². The molecule has 2 aliphatic rings. The Kier molecular flexibility index (Phi) is 4.42. The Morgan fingerprint density at radius 3 is 2.50 bits per heavy atom. The van der Waals surface area contributed by atoms with Gasteiger partial charge in [0.25, 0.3) is 11.8 Å². The molecular weight excluding hydrogens is 374 g/mol. The van der Waals surface area contributed by atoms with Gasteiger partial charge in [0.2, 0.25) is 0 Å². The molecule has 28 heavy (non-hydrogen) atoms. The van der Waals surface area contributed by atoms with E-state index in [-0.39, 0.29) is 11.8 Å². The molecule has 0 saturated carbocycles. The van der Waals surface area contributed by atoms with Crippen LogP contribution in [0, 0.1) is 13.8 Å². The van der Waals surface area contributed by atoms with Gasteiger partial charge in [0.05, 0.1) is 24.1 Å². The lowest BCUT2D eigenvalue weighted by Gasteiger charge is -2.24. The monoisotopic (exact) mass is 395 g/mol. The second kappa shape index (κ2) is 6.67. The number of carbonyl (C=O) groups is 2. The predicted octanol–water partition coefficient (Wildman–Crippen LogP) is 2.99. The molecule has 1 fully saturated rings. The summed E-state index contributed by atoms with van der Waals surface area (Å²) < 4.78 is 5.16. The number of ether oxygens (including phenoxy) is 1. The Bertz CT molecular complexity index is 1040. The minimum absolute atomic E-state index is 0.291. The summed E-state index contributed by atoms with van der Waals surface area (Å²) in [6.45, 7) is 6.04. The van der Waals surface area contributed by atoms with Gasteiger partial charge in [0.1, 0.15) is 16.0 Å². The van der Waals surface area contributed by atoms with E-state index < -0.39 is 5.25 Å². The zero-order valence-electron chi connectivity index (χ0n) is 16.2. The van der Waals surface area contributed by atoms with Crippen molar-refractivity contribution in [2.75, 3.05) is 12.0 Å². The molecule has 1 atom stereocenters. The van der Waals surface area contributed by atoms with Gasteiger partial charge in [0.15, 0.2) is 0 Å². The molecule has 1 aromatic carbocycles. The first-order valence-electron chi connectivity index (χ1n) is 9.08. The highest BCUT2D eigenvalue weighted by molar-refractivity contribution is 8.01. The van der Waals surface area contributed by atoms with Crippen molar-refractivity contribution in [1.82, 2.24) is 4.98 Å². The number of pyridine rings is 1. The lowest BCUT2D eigenvalue weighted by Crippen LogP contribution is -2.31. The molecule has 3 heterocycles. The maximum absolute atomic E-state index is 13.2. The van der Waals surface area contributed by atoms with E-state index in [2.05, 4.69) is 11.9 Å². The van der Waals surface area contributed by atoms with Gasteiger partial charge >= 0.3 is 0 Å². The molecular formula is C21H21N3O3S. The minimum Gasteiger partial charge on any atom is -0.497 e. The summed E-state index contributed by atoms with van der Waals surface area (Å²) >= 11 is 1.31. The fourth-order valence-electron chi connectivity index (χ4n) is 3.94. The highest BCUT2D eigenvalue weighted by Gasteiger charge is 2.49. The van der Waals surface area contributed by atoms with Gasteiger partial charge in [0, 0.05) is 11.3 Å². The van der Waals surface area contributed by atoms with Gasteiger partial charge < -0.3 is 10.5 Å². The number of fused-ring (bicyclic) bond motifs is 2. The number of hydrogen-bond acceptors (Lipinski definition) is 6. The Morgan fingerprint density at radius 1 is 1.21 bits per heavy atom. The van der Waals surface area contributed by atoms with Gasteiger partial charge in [-0.25, -0.2) is 9.88 Å². The van der Waals surface area contributed by atoms with Crippen LogP contribution in [0.3, 0.4) is 0 Å². The van der Waals surface area contributed by atoms with Crippen molar-refractivity contribution in [2.24, 2.45) is 5.73 Å². The summed E-state index contributed by atoms with van der Waals surface area (Å²) in [5, 5.41) is 0.0528. The van der Waals surface area contributed by atoms with Gasteiger partial charge in [-0.2, -0.15) is 0 Å². The zero-order valence-corrected chi connectivity index (χ0v) is 17.0. The summed E-state index contributed by atoms with van der Waals surface area (Å²) in [6.07, 6.45) is 0.833. The van der Waals surface area contributed by atoms with Crippen LogP contribution in [-0.4, -0.2) is 29.2 Å². The SMILES string of the molecule is CCc1c(C)nc2c(c1C)C(N)=C1C(=O)N(c3ccc(OC)cc3)C(=O)C1S2. The van der Waals surface area contributed by atoms with Gasteiger partial charge in [-0.1, -0.05) is 18.7 Å². The maximum Gasteiger partial charge on any atom is 0.264 e. The van der Waals surface area contributed by atoms with E-state index in [0.29, 0.717) is 22.7 Å². The quantitative estimate of drug-likeness (QED) is 0.804. The summed E-state index contributed by atoms with van der Waals surface area (Å²) in [7, 11) is 1.57. The van der Waals surface area contributed by atoms with Crippen LogP contribution in [0.25, 0.3) is 5.70 Å². The fourth-order valence-corrected chi connectivity index (χ4v) is 5.29. The van der Waals surface area contributed by atoms with E-state index in [4.69, 9.17) is 10.5 Å². The molecule has 0 radical (unpaired) electrons. The number of amides is 2. The molecule has 0 aliphatic carbocycles. The van der Waals surface area contributed by atoms with Gasteiger partial charge in [-0.05, 0) is 55.7 Å². The number of imide groups is 1. The largest absolute Gasteiger partial charge is 0.497 e. The molecule has 1 unspecified atom stereocenters. The summed E-state index contributed by atoms with van der Waals surface area (Å²) in [5.41, 5.74) is 11.6. The van der Waals surface area contributed by atoms with Gasteiger partial charge in [-0.3, -0.25) is 9.59 Å². The smallest absolute Gasteiger partial charge is 0.264 e. The zero-order chi connectivity index (χ0) is 20.2. The second-order valence-electron chi connectivity index (χ2n) is 6.84. The third-order valence-corrected chi connectivity index (χ3v) is 6.55. The van der Waals surface area contributed by atoms with E-state index in [9.17, 15) is 9.59 Å². The molecule has 7 heteroatoms. The number of anilines is 1. The number of aromatic nitrogens is 1. The second-order valence-corrected chi connectivity index (χ2v) is 7.93. The fraction of sp³-hybridized carbons (Fsp3) is 0.286. The number of nitrogens with two attached hydrogens (primary N) is 1. The van der Waals surface area contributed by atoms with E-state index in [1.807, 2.05) is 13.8 Å². The van der Waals surface area contributed by atoms with Crippen molar-refractivity contribution in [2.45, 2.75) is 37.5 Å². The molecule has 1 aromatic heterocycles. The van der Waals surface area contributed by atoms with Crippen molar-refractivity contribution >= 4 is 35.0 Å². The molecule has 0 bridgehead atoms. The molecule has 2 N–H and O–H groups in total. The Balaban J connectivity index is 1.84. The average molecular weight is 395 g/mol. The normalized spacial score (nSPS) is 18.4. The summed E-state index contributed by atoms with van der Waals surface area (Å²) in [5.74, 6) is -0.00236. The lowest BCUT2D eigenvalue weighted by molar-refractivity contribution is -0.120. The van der Waals surface area contributed by atoms with Crippen LogP contribution in [0.1, 0.15) is 29.3 Å². The number of methoxy groups -OCH3 is 1. The third-order valence-electron chi connectivity index (χ3n) is 5.36. The van der Waals surface area contributed by atoms with E-state index in [1.54, 1.807) is 31.4 Å². The number of rotatable bonds is 3. The van der Waals surface area contributed by atoms with Crippen molar-refractivity contribution in [3.05, 3.63) is 52.2 Å². The number of benzene rings is 1. The number of carbonyl (C=O) groups excluding carboxylic acids is 2. The van der Waals surface area contributed by atoms with Crippen LogP contribution in [0.5, 0.6) is 5.75 Å². The number of thioether (sulfide) groups is 1. The summed E-state index contributed by atoms with van der Waals surface area (Å²) in [4.78, 5) is 32.1. The highest BCUT2D eigenvalue weighted by atomic mass is 32.2. The molecule has 2 amide bonds. The van der Waals surface area contributed by atoms with Crippen LogP contribution in [0.15, 0.2) is 34.9 Å². The van der Waals surface area contributed by atoms with E-state index in [0.717, 1.165) is 33.8 Å². The van der Waals surface area contributed by atoms with Crippen molar-refractivity contribution in [3.8, 4) is 5.75 Å². The Labute approximate surface area is 167 Å². The number of aryl methyl sites for hydroxylation is 1. The molecule has 2 aromatic rings. The van der Waals surface area contributed by atoms with Crippen LogP contribution in [0.2, 0.25) is 0 Å². The first-order valence-corrected chi connectivity index (χ1v) is 9.96. The van der Waals surface area contributed by atoms with Gasteiger partial charge in [-0.15, -0.1) is 0 Å². The minimum atomic E-state index is -0.666. The lowest BCUT2D eigenvalue weighted by atomic mass is 9.96. The predicted molar refractivity (Wildman–Crippen MR) is 109 cm³/mol. The van der Waals surface area contributed by atoms with E-state index in [1.165, 1.54) is 16.7 Å². The first kappa shape index (κ1) is 18.6. The van der Waals surface area contributed by atoms with Crippen LogP contribution in [-0.2, 0) is 16.0 Å². The van der Waals surface area contributed by atoms with Crippen LogP contribution >= 0.6 is 11.8 Å². The molecule has 4 rings (SSSR count). The molecule has 2 aliphatic heterocycles. The van der Waals surface area contributed by atoms with Crippen molar-refractivity contribution in [3.63, 3.8) is 0 Å². The summed E-state index contributed by atoms with van der Waals surface area (Å²) in [6, 6.07) is 6.84. The van der Waals surface area contributed by atoms with Crippen LogP contribution < -0.4 is 15.4 Å². The number of nitrogens with zero attached hydrogens (tertiary/aromatic N) is 2. The third kappa shape index (κ3) is 2.53. The standard InChI is InChI=1S/C21H21N3O3S/c1-5-14-10(2)15-17(22)16-18(28-19(15)23-11(14)3)21(26)24(20(16)25)12-6-8-13(27-4)9-7-12/h6-9,18H,5,22H2,1-4H3. The Hall–Kier alpha value is -2.80. The topological polar surface area (TPSA) is 85.5 Å².